The van der Waals surface area contributed by atoms with Crippen LogP contribution in [0.1, 0.15) is 30.5 Å². The van der Waals surface area contributed by atoms with E-state index in [2.05, 4.69) is 4.98 Å². The van der Waals surface area contributed by atoms with E-state index in [9.17, 15) is 14.7 Å². The van der Waals surface area contributed by atoms with Gasteiger partial charge in [0.25, 0.3) is 5.91 Å². The third-order valence-corrected chi connectivity index (χ3v) is 5.40. The van der Waals surface area contributed by atoms with Crippen LogP contribution in [0.2, 0.25) is 0 Å². The molecule has 3 aromatic rings. The zero-order valence-corrected chi connectivity index (χ0v) is 17.8. The minimum Gasteiger partial charge on any atom is -0.503 e. The molecular weight excluding hydrogens is 404 g/mol. The second kappa shape index (κ2) is 9.47. The average molecular weight is 428 g/mol. The van der Waals surface area contributed by atoms with Gasteiger partial charge < -0.3 is 9.84 Å². The van der Waals surface area contributed by atoms with E-state index in [1.807, 2.05) is 37.3 Å². The first-order valence-electron chi connectivity index (χ1n) is 10.6. The van der Waals surface area contributed by atoms with Gasteiger partial charge in [0.1, 0.15) is 5.75 Å². The number of rotatable bonds is 8. The van der Waals surface area contributed by atoms with Crippen LogP contribution in [0.4, 0.5) is 5.69 Å². The summed E-state index contributed by atoms with van der Waals surface area (Å²) in [6.45, 7) is 2.36. The van der Waals surface area contributed by atoms with Crippen molar-refractivity contribution in [3.05, 3.63) is 102 Å². The number of ketones is 1. The number of aryl methyl sites for hydroxylation is 1. The van der Waals surface area contributed by atoms with Crippen molar-refractivity contribution in [1.82, 2.24) is 4.98 Å². The normalized spacial score (nSPS) is 15.8. The van der Waals surface area contributed by atoms with E-state index < -0.39 is 17.7 Å². The number of hydrogen-bond donors (Lipinski definition) is 1. The number of aliphatic hydroxyl groups is 1. The molecule has 6 heteroatoms. The number of hydrogen-bond acceptors (Lipinski definition) is 5. The molecule has 0 spiro atoms. The molecule has 1 atom stereocenters. The predicted molar refractivity (Wildman–Crippen MR) is 121 cm³/mol. The van der Waals surface area contributed by atoms with Gasteiger partial charge in [0.15, 0.2) is 11.5 Å². The van der Waals surface area contributed by atoms with Gasteiger partial charge in [0, 0.05) is 30.6 Å². The van der Waals surface area contributed by atoms with E-state index >= 15 is 0 Å². The predicted octanol–water partition coefficient (Wildman–Crippen LogP) is 4.58. The first kappa shape index (κ1) is 21.3. The SMILES string of the molecule is CCOc1cccc(N2C(=O)C(O)=C(C(=O)CCc3ccccc3)C2c2cccnc2)c1. The largest absolute Gasteiger partial charge is 0.503 e. The van der Waals surface area contributed by atoms with Crippen LogP contribution in [-0.4, -0.2) is 28.4 Å². The fourth-order valence-corrected chi connectivity index (χ4v) is 3.94. The second-order valence-corrected chi connectivity index (χ2v) is 7.47. The minimum absolute atomic E-state index is 0.0979. The number of carbonyl (C=O) groups excluding carboxylic acids is 2. The van der Waals surface area contributed by atoms with Gasteiger partial charge in [-0.25, -0.2) is 0 Å². The number of benzene rings is 2. The van der Waals surface area contributed by atoms with E-state index in [4.69, 9.17) is 4.74 Å². The Labute approximate surface area is 186 Å². The van der Waals surface area contributed by atoms with Crippen molar-refractivity contribution in [2.75, 3.05) is 11.5 Å². The van der Waals surface area contributed by atoms with Crippen molar-refractivity contribution in [2.45, 2.75) is 25.8 Å². The van der Waals surface area contributed by atoms with Crippen molar-refractivity contribution in [3.63, 3.8) is 0 Å². The van der Waals surface area contributed by atoms with Gasteiger partial charge >= 0.3 is 0 Å². The fourth-order valence-electron chi connectivity index (χ4n) is 3.94. The molecule has 0 fully saturated rings. The number of pyridine rings is 1. The highest BCUT2D eigenvalue weighted by atomic mass is 16.5. The Morgan fingerprint density at radius 2 is 1.91 bits per heavy atom. The summed E-state index contributed by atoms with van der Waals surface area (Å²) in [6, 6.07) is 19.5. The van der Waals surface area contributed by atoms with Crippen LogP contribution in [0.5, 0.6) is 5.75 Å². The molecule has 2 aromatic carbocycles. The molecule has 1 aliphatic rings. The van der Waals surface area contributed by atoms with Crippen molar-refractivity contribution in [3.8, 4) is 5.75 Å². The molecule has 6 nitrogen and oxygen atoms in total. The van der Waals surface area contributed by atoms with Crippen LogP contribution >= 0.6 is 0 Å². The van der Waals surface area contributed by atoms with Crippen LogP contribution in [-0.2, 0) is 16.0 Å². The first-order chi connectivity index (χ1) is 15.6. The first-order valence-corrected chi connectivity index (χ1v) is 10.6. The molecule has 0 bridgehead atoms. The highest BCUT2D eigenvalue weighted by Gasteiger charge is 2.44. The molecule has 1 aromatic heterocycles. The number of anilines is 1. The van der Waals surface area contributed by atoms with Gasteiger partial charge in [-0.2, -0.15) is 0 Å². The Morgan fingerprint density at radius 3 is 2.62 bits per heavy atom. The molecule has 32 heavy (non-hydrogen) atoms. The van der Waals surface area contributed by atoms with Crippen LogP contribution in [0.3, 0.4) is 0 Å². The number of carbonyl (C=O) groups is 2. The monoisotopic (exact) mass is 428 g/mol. The summed E-state index contributed by atoms with van der Waals surface area (Å²) in [5.41, 5.74) is 2.30. The van der Waals surface area contributed by atoms with Crippen molar-refractivity contribution in [1.29, 1.82) is 0 Å². The van der Waals surface area contributed by atoms with Crippen LogP contribution in [0.25, 0.3) is 0 Å². The summed E-state index contributed by atoms with van der Waals surface area (Å²) in [5, 5.41) is 10.8. The Kier molecular flexibility index (Phi) is 6.31. The minimum atomic E-state index is -0.767. The number of aliphatic hydroxyl groups excluding tert-OH is 1. The molecule has 162 valence electrons. The highest BCUT2D eigenvalue weighted by molar-refractivity contribution is 6.16. The molecule has 0 saturated carbocycles. The number of nitrogens with zero attached hydrogens (tertiary/aromatic N) is 2. The molecular formula is C26H24N2O4. The van der Waals surface area contributed by atoms with E-state index in [0.717, 1.165) is 5.56 Å². The summed E-state index contributed by atoms with van der Waals surface area (Å²) >= 11 is 0. The molecule has 0 radical (unpaired) electrons. The molecule has 1 amide bonds. The number of aromatic nitrogens is 1. The lowest BCUT2D eigenvalue weighted by Gasteiger charge is -2.27. The zero-order chi connectivity index (χ0) is 22.5. The topological polar surface area (TPSA) is 79.7 Å². The summed E-state index contributed by atoms with van der Waals surface area (Å²) in [4.78, 5) is 32.0. The third kappa shape index (κ3) is 4.25. The molecule has 0 saturated heterocycles. The lowest BCUT2D eigenvalue weighted by atomic mass is 9.94. The van der Waals surface area contributed by atoms with Gasteiger partial charge in [-0.3, -0.25) is 19.5 Å². The fraction of sp³-hybridized carbons (Fsp3) is 0.192. The molecule has 1 N–H and O–H groups in total. The quantitative estimate of drug-likeness (QED) is 0.568. The molecule has 1 unspecified atom stereocenters. The molecule has 4 rings (SSSR count). The van der Waals surface area contributed by atoms with E-state index in [1.54, 1.807) is 48.8 Å². The maximum absolute atomic E-state index is 13.3. The highest BCUT2D eigenvalue weighted by Crippen LogP contribution is 2.41. The lowest BCUT2D eigenvalue weighted by molar-refractivity contribution is -0.118. The maximum atomic E-state index is 13.3. The van der Waals surface area contributed by atoms with Gasteiger partial charge in [0.2, 0.25) is 0 Å². The van der Waals surface area contributed by atoms with Crippen LogP contribution < -0.4 is 9.64 Å². The van der Waals surface area contributed by atoms with Gasteiger partial charge in [0.05, 0.1) is 18.2 Å². The smallest absolute Gasteiger partial charge is 0.294 e. The number of amides is 1. The summed E-state index contributed by atoms with van der Waals surface area (Å²) in [7, 11) is 0. The Bertz CT molecular complexity index is 1140. The van der Waals surface area contributed by atoms with E-state index in [1.165, 1.54) is 4.90 Å². The van der Waals surface area contributed by atoms with Gasteiger partial charge in [-0.15, -0.1) is 0 Å². The maximum Gasteiger partial charge on any atom is 0.294 e. The van der Waals surface area contributed by atoms with Crippen molar-refractivity contribution in [2.24, 2.45) is 0 Å². The average Bonchev–Trinajstić information content (AvgIpc) is 3.10. The van der Waals surface area contributed by atoms with Crippen molar-refractivity contribution >= 4 is 17.4 Å². The van der Waals surface area contributed by atoms with E-state index in [-0.39, 0.29) is 17.8 Å². The summed E-state index contributed by atoms with van der Waals surface area (Å²) in [6.07, 6.45) is 3.94. The Morgan fingerprint density at radius 1 is 1.09 bits per heavy atom. The lowest BCUT2D eigenvalue weighted by Crippen LogP contribution is -2.31. The molecule has 0 aliphatic carbocycles. The van der Waals surface area contributed by atoms with Crippen molar-refractivity contribution < 1.29 is 19.4 Å². The standard InChI is InChI=1S/C26H24N2O4/c1-2-32-21-12-6-11-20(16-21)28-24(19-10-7-15-27-17-19)23(25(30)26(28)31)22(29)14-13-18-8-4-3-5-9-18/h3-12,15-17,24,30H,2,13-14H2,1H3. The third-order valence-electron chi connectivity index (χ3n) is 5.40. The Hall–Kier alpha value is -3.93. The second-order valence-electron chi connectivity index (χ2n) is 7.47. The van der Waals surface area contributed by atoms with Crippen LogP contribution in [0.15, 0.2) is 90.5 Å². The molecule has 1 aliphatic heterocycles. The number of ether oxygens (including phenoxy) is 1. The number of Topliss-reactive ketones (excluding diaryl/α,β-unsaturated/α-hetero) is 1. The molecule has 2 heterocycles. The van der Waals surface area contributed by atoms with Crippen LogP contribution in [0, 0.1) is 0 Å². The zero-order valence-electron chi connectivity index (χ0n) is 17.8. The summed E-state index contributed by atoms with van der Waals surface area (Å²) < 4.78 is 5.58. The van der Waals surface area contributed by atoms with Gasteiger partial charge in [-0.05, 0) is 42.7 Å². The van der Waals surface area contributed by atoms with E-state index in [0.29, 0.717) is 30.0 Å². The Balaban J connectivity index is 1.71. The van der Waals surface area contributed by atoms with Gasteiger partial charge in [-0.1, -0.05) is 42.5 Å². The summed E-state index contributed by atoms with van der Waals surface area (Å²) in [5.74, 6) is -0.794.